The van der Waals surface area contributed by atoms with E-state index in [-0.39, 0.29) is 0 Å². The number of nitrogens with two attached hydrogens (primary N) is 1. The van der Waals surface area contributed by atoms with Gasteiger partial charge in [0.05, 0.1) is 13.7 Å². The Morgan fingerprint density at radius 1 is 1.00 bits per heavy atom. The Balaban J connectivity index is 2.15. The minimum atomic E-state index is 0.439. The monoisotopic (exact) mass is 273 g/mol. The molecule has 0 aliphatic rings. The molecule has 0 atom stereocenters. The number of hydrogen-bond donors (Lipinski definition) is 1. The zero-order chi connectivity index (χ0) is 14.2. The molecular weight excluding hydrogens is 254 g/mol. The van der Waals surface area contributed by atoms with Crippen molar-refractivity contribution in [1.82, 2.24) is 0 Å². The number of rotatable bonds is 7. The second-order valence-electron chi connectivity index (χ2n) is 4.34. The molecule has 0 amide bonds. The zero-order valence-electron chi connectivity index (χ0n) is 11.5. The summed E-state index contributed by atoms with van der Waals surface area (Å²) < 4.78 is 11.3. The lowest BCUT2D eigenvalue weighted by molar-refractivity contribution is 0.140. The average Bonchev–Trinajstić information content (AvgIpc) is 2.52. The summed E-state index contributed by atoms with van der Waals surface area (Å²) >= 11 is 0. The topological polar surface area (TPSA) is 53.7 Å². The summed E-state index contributed by atoms with van der Waals surface area (Å²) in [6.07, 6.45) is 0.678. The Morgan fingerprint density at radius 3 is 2.50 bits per heavy atom. The smallest absolute Gasteiger partial charge is 0.164 e. The fraction of sp³-hybridized carbons (Fsp3) is 0.250. The van der Waals surface area contributed by atoms with Gasteiger partial charge in [0.2, 0.25) is 0 Å². The van der Waals surface area contributed by atoms with Crippen molar-refractivity contribution in [3.8, 4) is 11.5 Å². The molecule has 0 aliphatic carbocycles. The fourth-order valence-corrected chi connectivity index (χ4v) is 1.98. The molecule has 2 N–H and O–H groups in total. The molecule has 0 fully saturated rings. The molecule has 0 saturated carbocycles. The van der Waals surface area contributed by atoms with Gasteiger partial charge in [-0.1, -0.05) is 42.5 Å². The SMILES string of the molecule is COc1cccc(CCON)c1OCc1ccccc1. The van der Waals surface area contributed by atoms with Crippen molar-refractivity contribution in [2.75, 3.05) is 13.7 Å². The van der Waals surface area contributed by atoms with Gasteiger partial charge < -0.3 is 14.3 Å². The fourth-order valence-electron chi connectivity index (χ4n) is 1.98. The standard InChI is InChI=1S/C16H19NO3/c1-18-15-9-5-8-14(10-11-20-17)16(15)19-12-13-6-3-2-4-7-13/h2-9H,10-12,17H2,1H3. The maximum atomic E-state index is 5.92. The van der Waals surface area contributed by atoms with Gasteiger partial charge >= 0.3 is 0 Å². The van der Waals surface area contributed by atoms with Crippen LogP contribution in [-0.2, 0) is 17.9 Å². The van der Waals surface area contributed by atoms with Gasteiger partial charge in [0.25, 0.3) is 0 Å². The van der Waals surface area contributed by atoms with Crippen LogP contribution in [0.2, 0.25) is 0 Å². The van der Waals surface area contributed by atoms with Gasteiger partial charge in [-0.3, -0.25) is 0 Å². The van der Waals surface area contributed by atoms with Crippen LogP contribution >= 0.6 is 0 Å². The average molecular weight is 273 g/mol. The van der Waals surface area contributed by atoms with Crippen LogP contribution < -0.4 is 15.4 Å². The highest BCUT2D eigenvalue weighted by Gasteiger charge is 2.10. The summed E-state index contributed by atoms with van der Waals surface area (Å²) in [6, 6.07) is 15.8. The van der Waals surface area contributed by atoms with Crippen molar-refractivity contribution in [3.05, 3.63) is 59.7 Å². The Labute approximate surface area is 119 Å². The van der Waals surface area contributed by atoms with Gasteiger partial charge in [-0.05, 0) is 11.6 Å². The number of hydrogen-bond acceptors (Lipinski definition) is 4. The predicted octanol–water partition coefficient (Wildman–Crippen LogP) is 2.71. The number of benzene rings is 2. The predicted molar refractivity (Wildman–Crippen MR) is 77.6 cm³/mol. The molecule has 0 unspecified atom stereocenters. The van der Waals surface area contributed by atoms with E-state index in [1.807, 2.05) is 48.5 Å². The summed E-state index contributed by atoms with van der Waals surface area (Å²) in [5.41, 5.74) is 2.13. The molecule has 0 saturated heterocycles. The molecule has 106 valence electrons. The van der Waals surface area contributed by atoms with Gasteiger partial charge in [-0.2, -0.15) is 0 Å². The van der Waals surface area contributed by atoms with E-state index in [4.69, 9.17) is 15.4 Å². The van der Waals surface area contributed by atoms with Gasteiger partial charge in [-0.25, -0.2) is 5.90 Å². The Hall–Kier alpha value is -2.04. The van der Waals surface area contributed by atoms with Crippen LogP contribution in [0.5, 0.6) is 11.5 Å². The molecule has 0 spiro atoms. The van der Waals surface area contributed by atoms with E-state index in [9.17, 15) is 0 Å². The van der Waals surface area contributed by atoms with Crippen molar-refractivity contribution in [2.24, 2.45) is 5.90 Å². The van der Waals surface area contributed by atoms with Crippen LogP contribution in [0, 0.1) is 0 Å². The highest BCUT2D eigenvalue weighted by Crippen LogP contribution is 2.32. The van der Waals surface area contributed by atoms with E-state index in [1.54, 1.807) is 7.11 Å². The molecule has 2 aromatic carbocycles. The molecule has 4 heteroatoms. The van der Waals surface area contributed by atoms with Crippen molar-refractivity contribution in [1.29, 1.82) is 0 Å². The van der Waals surface area contributed by atoms with Gasteiger partial charge in [-0.15, -0.1) is 0 Å². The first-order chi connectivity index (χ1) is 9.85. The summed E-state index contributed by atoms with van der Waals surface area (Å²) in [5.74, 6) is 6.55. The van der Waals surface area contributed by atoms with E-state index in [1.165, 1.54) is 0 Å². The minimum Gasteiger partial charge on any atom is -0.493 e. The summed E-state index contributed by atoms with van der Waals surface area (Å²) in [4.78, 5) is 4.64. The zero-order valence-corrected chi connectivity index (χ0v) is 11.5. The molecule has 0 radical (unpaired) electrons. The third kappa shape index (κ3) is 3.73. The van der Waals surface area contributed by atoms with Crippen molar-refractivity contribution >= 4 is 0 Å². The second kappa shape index (κ2) is 7.53. The van der Waals surface area contributed by atoms with Gasteiger partial charge in [0.1, 0.15) is 6.61 Å². The Bertz CT molecular complexity index is 529. The van der Waals surface area contributed by atoms with Crippen molar-refractivity contribution < 1.29 is 14.3 Å². The lowest BCUT2D eigenvalue weighted by Crippen LogP contribution is -2.06. The molecular formula is C16H19NO3. The summed E-state index contributed by atoms with van der Waals surface area (Å²) in [5, 5.41) is 0. The Kier molecular flexibility index (Phi) is 5.41. The quantitative estimate of drug-likeness (QED) is 0.788. The molecule has 20 heavy (non-hydrogen) atoms. The molecule has 0 aliphatic heterocycles. The molecule has 0 heterocycles. The number of para-hydroxylation sites is 1. The molecule has 4 nitrogen and oxygen atoms in total. The molecule has 0 bridgehead atoms. The van der Waals surface area contributed by atoms with Gasteiger partial charge in [0.15, 0.2) is 11.5 Å². The van der Waals surface area contributed by atoms with Crippen molar-refractivity contribution in [2.45, 2.75) is 13.0 Å². The van der Waals surface area contributed by atoms with Crippen LogP contribution in [0.25, 0.3) is 0 Å². The van der Waals surface area contributed by atoms with Crippen LogP contribution in [0.4, 0.5) is 0 Å². The first-order valence-corrected chi connectivity index (χ1v) is 6.49. The van der Waals surface area contributed by atoms with Crippen molar-refractivity contribution in [3.63, 3.8) is 0 Å². The second-order valence-corrected chi connectivity index (χ2v) is 4.34. The summed E-state index contributed by atoms with van der Waals surface area (Å²) in [6.45, 7) is 0.937. The third-order valence-corrected chi connectivity index (χ3v) is 3.00. The lowest BCUT2D eigenvalue weighted by atomic mass is 10.1. The maximum Gasteiger partial charge on any atom is 0.164 e. The summed E-state index contributed by atoms with van der Waals surface area (Å²) in [7, 11) is 1.63. The number of methoxy groups -OCH3 is 1. The van der Waals surface area contributed by atoms with Crippen LogP contribution in [0.1, 0.15) is 11.1 Å². The van der Waals surface area contributed by atoms with Crippen LogP contribution in [-0.4, -0.2) is 13.7 Å². The molecule has 2 aromatic rings. The first kappa shape index (κ1) is 14.4. The first-order valence-electron chi connectivity index (χ1n) is 6.49. The normalized spacial score (nSPS) is 10.3. The van der Waals surface area contributed by atoms with E-state index in [2.05, 4.69) is 4.84 Å². The van der Waals surface area contributed by atoms with E-state index >= 15 is 0 Å². The molecule has 0 aromatic heterocycles. The minimum absolute atomic E-state index is 0.439. The highest BCUT2D eigenvalue weighted by atomic mass is 16.6. The maximum absolute atomic E-state index is 5.92. The van der Waals surface area contributed by atoms with Gasteiger partial charge in [0, 0.05) is 12.0 Å². The molecule has 2 rings (SSSR count). The van der Waals surface area contributed by atoms with E-state index in [0.29, 0.717) is 19.6 Å². The van der Waals surface area contributed by atoms with Crippen LogP contribution in [0.3, 0.4) is 0 Å². The van der Waals surface area contributed by atoms with E-state index in [0.717, 1.165) is 22.6 Å². The van der Waals surface area contributed by atoms with E-state index < -0.39 is 0 Å². The van der Waals surface area contributed by atoms with Crippen LogP contribution in [0.15, 0.2) is 48.5 Å². The lowest BCUT2D eigenvalue weighted by Gasteiger charge is -2.15. The highest BCUT2D eigenvalue weighted by molar-refractivity contribution is 5.46. The number of ether oxygens (including phenoxy) is 2. The Morgan fingerprint density at radius 2 is 1.80 bits per heavy atom. The third-order valence-electron chi connectivity index (χ3n) is 3.00. The largest absolute Gasteiger partial charge is 0.493 e.